The monoisotopic (exact) mass is 568 g/mol. The number of methoxy groups -OCH3 is 1. The maximum Gasteiger partial charge on any atom is 0.311 e. The molecule has 0 aromatic heterocycles. The maximum absolute atomic E-state index is 14.7. The first-order valence-electron chi connectivity index (χ1n) is 14.3. The Morgan fingerprint density at radius 3 is 2.50 bits per heavy atom. The number of fused-ring (bicyclic) bond motifs is 2. The first kappa shape index (κ1) is 28.7. The number of allylic oxidation sites excluding steroid dienone is 1. The number of hydrogen-bond acceptors (Lipinski definition) is 7. The van der Waals surface area contributed by atoms with Crippen molar-refractivity contribution in [3.63, 3.8) is 0 Å². The van der Waals surface area contributed by atoms with Gasteiger partial charge in [0.1, 0.15) is 11.8 Å². The van der Waals surface area contributed by atoms with E-state index in [0.29, 0.717) is 31.0 Å². The van der Waals surface area contributed by atoms with Gasteiger partial charge in [0.15, 0.2) is 0 Å². The second-order valence-corrected chi connectivity index (χ2v) is 13.6. The van der Waals surface area contributed by atoms with Crippen LogP contribution in [0.25, 0.3) is 0 Å². The highest BCUT2D eigenvalue weighted by Gasteiger charge is 2.74. The van der Waals surface area contributed by atoms with Crippen LogP contribution in [0.4, 0.5) is 5.69 Å². The molecule has 8 nitrogen and oxygen atoms in total. The standard InChI is InChI=1S/C31H40N2O6S/c1-20(2)18-22(19-34)33-26-28(36)32(21-10-12-23(38-4)13-11-21)16-9-15-31(26)24(27(33)35)25-29(37)39-17-8-6-5-7-14-30(25,3)40-31/h7,9-15,20,22,24-26,34H,5-6,8,16-19H2,1-4H3/b14-7-/t22-,24+,25+,26?,30-,31+/m1/s1. The molecule has 4 aliphatic rings. The second-order valence-electron chi connectivity index (χ2n) is 11.8. The molecule has 0 radical (unpaired) electrons. The van der Waals surface area contributed by atoms with Crippen molar-refractivity contribution >= 4 is 35.2 Å². The van der Waals surface area contributed by atoms with Gasteiger partial charge in [0.2, 0.25) is 5.91 Å². The summed E-state index contributed by atoms with van der Waals surface area (Å²) in [6.45, 7) is 6.44. The van der Waals surface area contributed by atoms with Gasteiger partial charge in [-0.25, -0.2) is 0 Å². The van der Waals surface area contributed by atoms with E-state index in [2.05, 4.69) is 12.2 Å². The first-order valence-corrected chi connectivity index (χ1v) is 15.1. The smallest absolute Gasteiger partial charge is 0.311 e. The molecule has 1 aromatic rings. The Morgan fingerprint density at radius 1 is 1.07 bits per heavy atom. The van der Waals surface area contributed by atoms with Gasteiger partial charge in [0.05, 0.1) is 42.9 Å². The Kier molecular flexibility index (Phi) is 8.08. The Morgan fingerprint density at radius 2 is 1.82 bits per heavy atom. The number of amides is 2. The number of anilines is 1. The van der Waals surface area contributed by atoms with Gasteiger partial charge < -0.3 is 24.4 Å². The molecule has 0 bridgehead atoms. The zero-order valence-corrected chi connectivity index (χ0v) is 24.6. The molecule has 216 valence electrons. The molecule has 5 rings (SSSR count). The molecule has 40 heavy (non-hydrogen) atoms. The summed E-state index contributed by atoms with van der Waals surface area (Å²) < 4.78 is 9.34. The Bertz CT molecular complexity index is 1200. The van der Waals surface area contributed by atoms with Gasteiger partial charge in [-0.2, -0.15) is 0 Å². The topological polar surface area (TPSA) is 96.4 Å². The predicted molar refractivity (Wildman–Crippen MR) is 155 cm³/mol. The lowest BCUT2D eigenvalue weighted by molar-refractivity contribution is -0.154. The van der Waals surface area contributed by atoms with Gasteiger partial charge in [0, 0.05) is 17.0 Å². The van der Waals surface area contributed by atoms with Crippen molar-refractivity contribution in [1.29, 1.82) is 0 Å². The van der Waals surface area contributed by atoms with Crippen molar-refractivity contribution < 1.29 is 29.0 Å². The van der Waals surface area contributed by atoms with E-state index in [9.17, 15) is 19.5 Å². The number of benzene rings is 1. The number of aliphatic hydroxyl groups excluding tert-OH is 1. The Hall–Kier alpha value is -2.78. The molecular formula is C31H40N2O6S. The third kappa shape index (κ3) is 4.75. The highest BCUT2D eigenvalue weighted by atomic mass is 32.2. The summed E-state index contributed by atoms with van der Waals surface area (Å²) in [6, 6.07) is 5.85. The van der Waals surface area contributed by atoms with Gasteiger partial charge in [-0.15, -0.1) is 11.8 Å². The number of nitrogens with zero attached hydrogens (tertiary/aromatic N) is 2. The lowest BCUT2D eigenvalue weighted by Crippen LogP contribution is -2.57. The van der Waals surface area contributed by atoms with E-state index in [0.717, 1.165) is 19.3 Å². The third-order valence-electron chi connectivity index (χ3n) is 8.67. The zero-order valence-electron chi connectivity index (χ0n) is 23.7. The average Bonchev–Trinajstić information content (AvgIpc) is 3.26. The fraction of sp³-hybridized carbons (Fsp3) is 0.581. The van der Waals surface area contributed by atoms with Gasteiger partial charge in [-0.05, 0) is 62.8 Å². The maximum atomic E-state index is 14.7. The van der Waals surface area contributed by atoms with Crippen molar-refractivity contribution in [2.45, 2.75) is 68.0 Å². The molecule has 1 unspecified atom stereocenters. The van der Waals surface area contributed by atoms with Gasteiger partial charge in [-0.1, -0.05) is 38.2 Å². The van der Waals surface area contributed by atoms with Crippen LogP contribution in [0.15, 0.2) is 48.6 Å². The molecule has 9 heteroatoms. The van der Waals surface area contributed by atoms with E-state index in [-0.39, 0.29) is 30.3 Å². The number of esters is 1. The fourth-order valence-electron chi connectivity index (χ4n) is 6.94. The minimum atomic E-state index is -0.989. The molecule has 0 aliphatic carbocycles. The van der Waals surface area contributed by atoms with Crippen LogP contribution in [0, 0.1) is 17.8 Å². The summed E-state index contributed by atoms with van der Waals surface area (Å²) >= 11 is 1.53. The van der Waals surface area contributed by atoms with Gasteiger partial charge in [0.25, 0.3) is 5.91 Å². The number of likely N-dealkylation sites (tertiary alicyclic amines) is 1. The summed E-state index contributed by atoms with van der Waals surface area (Å²) in [4.78, 5) is 46.2. The summed E-state index contributed by atoms with van der Waals surface area (Å²) in [6.07, 6.45) is 11.2. The summed E-state index contributed by atoms with van der Waals surface area (Å²) in [5.74, 6) is -1.54. The number of cyclic esters (lactones) is 1. The normalized spacial score (nSPS) is 33.6. The van der Waals surface area contributed by atoms with Crippen molar-refractivity contribution in [2.75, 3.05) is 31.8 Å². The average molecular weight is 569 g/mol. The molecule has 2 amide bonds. The van der Waals surface area contributed by atoms with Crippen LogP contribution in [0.2, 0.25) is 0 Å². The molecule has 0 saturated carbocycles. The second kappa shape index (κ2) is 11.2. The van der Waals surface area contributed by atoms with Crippen LogP contribution in [-0.2, 0) is 19.1 Å². The van der Waals surface area contributed by atoms with E-state index in [1.807, 2.05) is 57.2 Å². The van der Waals surface area contributed by atoms with Crippen LogP contribution in [0.5, 0.6) is 5.75 Å². The number of carbonyl (C=O) groups is 3. The Labute approximate surface area is 240 Å². The molecule has 4 aliphatic heterocycles. The van der Waals surface area contributed by atoms with E-state index >= 15 is 0 Å². The fourth-order valence-corrected chi connectivity index (χ4v) is 9.08. The molecular weight excluding hydrogens is 528 g/mol. The molecule has 1 spiro atoms. The third-order valence-corrected chi connectivity index (χ3v) is 10.5. The largest absolute Gasteiger partial charge is 0.497 e. The number of aliphatic hydroxyl groups is 1. The quantitative estimate of drug-likeness (QED) is 0.410. The molecule has 4 heterocycles. The lowest BCUT2D eigenvalue weighted by Gasteiger charge is -2.40. The molecule has 6 atom stereocenters. The van der Waals surface area contributed by atoms with Crippen LogP contribution in [0.1, 0.15) is 46.5 Å². The highest BCUT2D eigenvalue weighted by molar-refractivity contribution is 8.02. The minimum absolute atomic E-state index is 0.190. The van der Waals surface area contributed by atoms with E-state index in [1.54, 1.807) is 16.9 Å². The number of hydrogen-bond donors (Lipinski definition) is 1. The molecule has 1 N–H and O–H groups in total. The number of rotatable bonds is 6. The minimum Gasteiger partial charge on any atom is -0.497 e. The Balaban J connectivity index is 1.66. The van der Waals surface area contributed by atoms with E-state index in [1.165, 1.54) is 11.8 Å². The summed E-state index contributed by atoms with van der Waals surface area (Å²) in [5, 5.41) is 10.5. The first-order chi connectivity index (χ1) is 19.2. The van der Waals surface area contributed by atoms with Gasteiger partial charge >= 0.3 is 5.97 Å². The van der Waals surface area contributed by atoms with Crippen molar-refractivity contribution in [3.8, 4) is 5.75 Å². The predicted octanol–water partition coefficient (Wildman–Crippen LogP) is 3.98. The van der Waals surface area contributed by atoms with Gasteiger partial charge in [-0.3, -0.25) is 14.4 Å². The van der Waals surface area contributed by atoms with Crippen molar-refractivity contribution in [1.82, 2.24) is 4.90 Å². The molecule has 2 fully saturated rings. The van der Waals surface area contributed by atoms with E-state index < -0.39 is 33.4 Å². The molecule has 1 aromatic carbocycles. The van der Waals surface area contributed by atoms with Crippen LogP contribution < -0.4 is 9.64 Å². The SMILES string of the molecule is COc1ccc(N2CC=C[C@]34S[C@]5(C)/C=C\CCCCOC(=O)[C@@H]5[C@H]3C(=O)N([C@@H](CO)CC(C)C)C4C2=O)cc1. The summed E-state index contributed by atoms with van der Waals surface area (Å²) in [5.41, 5.74) is 0.695. The molecule has 2 saturated heterocycles. The van der Waals surface area contributed by atoms with Crippen LogP contribution >= 0.6 is 11.8 Å². The zero-order chi connectivity index (χ0) is 28.7. The highest BCUT2D eigenvalue weighted by Crippen LogP contribution is 2.65. The van der Waals surface area contributed by atoms with E-state index in [4.69, 9.17) is 9.47 Å². The lowest BCUT2D eigenvalue weighted by atomic mass is 9.74. The van der Waals surface area contributed by atoms with Crippen molar-refractivity contribution in [2.24, 2.45) is 17.8 Å². The van der Waals surface area contributed by atoms with Crippen LogP contribution in [-0.4, -0.2) is 76.2 Å². The van der Waals surface area contributed by atoms with Crippen LogP contribution in [0.3, 0.4) is 0 Å². The summed E-state index contributed by atoms with van der Waals surface area (Å²) in [7, 11) is 1.59. The van der Waals surface area contributed by atoms with Crippen molar-refractivity contribution in [3.05, 3.63) is 48.6 Å². The number of carbonyl (C=O) groups excluding carboxylic acids is 3. The number of thioether (sulfide) groups is 1. The number of ether oxygens (including phenoxy) is 2.